The largest absolute Gasteiger partial charge is 0.285 e. The molecule has 0 spiro atoms. The molecule has 1 aliphatic rings. The molecule has 1 heterocycles. The van der Waals surface area contributed by atoms with Gasteiger partial charge >= 0.3 is 0 Å². The minimum atomic E-state index is -0.650. The zero-order valence-electron chi connectivity index (χ0n) is 11.5. The second-order valence-electron chi connectivity index (χ2n) is 4.83. The second kappa shape index (κ2) is 5.72. The molecule has 6 heteroatoms. The maximum atomic E-state index is 12.3. The molecule has 2 aromatic carbocycles. The molecular formula is C16H11Cl2NO3. The van der Waals surface area contributed by atoms with E-state index in [2.05, 4.69) is 0 Å². The van der Waals surface area contributed by atoms with Gasteiger partial charge in [0.1, 0.15) is 6.10 Å². The predicted octanol–water partition coefficient (Wildman–Crippen LogP) is 4.28. The summed E-state index contributed by atoms with van der Waals surface area (Å²) < 4.78 is 0. The SMILES string of the molecule is CC(ON1C(=O)c2ccccc2C1=O)c1c(Cl)cccc1Cl. The fraction of sp³-hybridized carbons (Fsp3) is 0.125. The molecule has 2 aromatic rings. The summed E-state index contributed by atoms with van der Waals surface area (Å²) in [4.78, 5) is 30.0. The van der Waals surface area contributed by atoms with Gasteiger partial charge in [0.05, 0.1) is 11.1 Å². The minimum absolute atomic E-state index is 0.324. The number of hydrogen-bond acceptors (Lipinski definition) is 3. The standard InChI is InChI=1S/C16H11Cl2NO3/c1-9(14-12(17)7-4-8-13(14)18)22-19-15(20)10-5-2-3-6-11(10)16(19)21/h2-9H,1H3. The van der Waals surface area contributed by atoms with E-state index in [-0.39, 0.29) is 0 Å². The van der Waals surface area contributed by atoms with E-state index in [0.29, 0.717) is 26.7 Å². The van der Waals surface area contributed by atoms with Crippen LogP contribution in [0.1, 0.15) is 39.3 Å². The molecule has 0 N–H and O–H groups in total. The van der Waals surface area contributed by atoms with Crippen LogP contribution in [0, 0.1) is 0 Å². The van der Waals surface area contributed by atoms with Crippen molar-refractivity contribution < 1.29 is 14.4 Å². The number of imide groups is 1. The molecule has 0 radical (unpaired) electrons. The summed E-state index contributed by atoms with van der Waals surface area (Å²) in [6.45, 7) is 1.68. The lowest BCUT2D eigenvalue weighted by atomic mass is 10.1. The Kier molecular flexibility index (Phi) is 3.91. The molecule has 0 aromatic heterocycles. The first-order chi connectivity index (χ1) is 10.5. The Morgan fingerprint density at radius 3 is 1.91 bits per heavy atom. The molecule has 0 aliphatic carbocycles. The first-order valence-corrected chi connectivity index (χ1v) is 7.35. The van der Waals surface area contributed by atoms with Crippen LogP contribution in [0.25, 0.3) is 0 Å². The number of amides is 2. The molecule has 1 atom stereocenters. The highest BCUT2D eigenvalue weighted by Crippen LogP contribution is 2.34. The third kappa shape index (κ3) is 2.39. The molecule has 2 amide bonds. The summed E-state index contributed by atoms with van der Waals surface area (Å²) in [5.74, 6) is -0.980. The topological polar surface area (TPSA) is 46.6 Å². The number of benzene rings is 2. The number of rotatable bonds is 3. The maximum Gasteiger partial charge on any atom is 0.285 e. The molecule has 22 heavy (non-hydrogen) atoms. The van der Waals surface area contributed by atoms with Crippen molar-refractivity contribution in [2.75, 3.05) is 0 Å². The van der Waals surface area contributed by atoms with Crippen LogP contribution in [0.2, 0.25) is 10.0 Å². The predicted molar refractivity (Wildman–Crippen MR) is 82.9 cm³/mol. The molecule has 1 aliphatic heterocycles. The number of hydroxylamine groups is 2. The van der Waals surface area contributed by atoms with Crippen LogP contribution >= 0.6 is 23.2 Å². The van der Waals surface area contributed by atoms with Gasteiger partial charge in [-0.05, 0) is 31.2 Å². The molecule has 0 fully saturated rings. The van der Waals surface area contributed by atoms with E-state index >= 15 is 0 Å². The van der Waals surface area contributed by atoms with Crippen molar-refractivity contribution in [1.29, 1.82) is 0 Å². The summed E-state index contributed by atoms with van der Waals surface area (Å²) in [6.07, 6.45) is -0.650. The van der Waals surface area contributed by atoms with Crippen molar-refractivity contribution in [2.24, 2.45) is 0 Å². The molecule has 112 valence electrons. The third-order valence-corrected chi connectivity index (χ3v) is 4.09. The number of halogens is 2. The van der Waals surface area contributed by atoms with E-state index in [1.807, 2.05) is 0 Å². The van der Waals surface area contributed by atoms with Crippen molar-refractivity contribution in [2.45, 2.75) is 13.0 Å². The van der Waals surface area contributed by atoms with E-state index < -0.39 is 17.9 Å². The summed E-state index contributed by atoms with van der Waals surface area (Å²) >= 11 is 12.2. The van der Waals surface area contributed by atoms with Crippen LogP contribution in [0.4, 0.5) is 0 Å². The Hall–Kier alpha value is -1.88. The van der Waals surface area contributed by atoms with Crippen molar-refractivity contribution in [3.8, 4) is 0 Å². The average Bonchev–Trinajstić information content (AvgIpc) is 2.73. The van der Waals surface area contributed by atoms with E-state index in [4.69, 9.17) is 28.0 Å². The Morgan fingerprint density at radius 1 is 0.909 bits per heavy atom. The summed E-state index contributed by atoms with van der Waals surface area (Å²) in [5, 5.41) is 1.59. The molecule has 0 saturated heterocycles. The van der Waals surface area contributed by atoms with Gasteiger partial charge in [0.15, 0.2) is 0 Å². The average molecular weight is 336 g/mol. The monoisotopic (exact) mass is 335 g/mol. The molecule has 1 unspecified atom stereocenters. The van der Waals surface area contributed by atoms with Gasteiger partial charge < -0.3 is 0 Å². The number of carbonyl (C=O) groups is 2. The highest BCUT2D eigenvalue weighted by molar-refractivity contribution is 6.36. The van der Waals surface area contributed by atoms with Gasteiger partial charge in [-0.25, -0.2) is 0 Å². The van der Waals surface area contributed by atoms with Gasteiger partial charge in [-0.15, -0.1) is 5.06 Å². The second-order valence-corrected chi connectivity index (χ2v) is 5.65. The third-order valence-electron chi connectivity index (χ3n) is 3.43. The van der Waals surface area contributed by atoms with E-state index in [1.165, 1.54) is 0 Å². The maximum absolute atomic E-state index is 12.3. The Bertz CT molecular complexity index is 720. The lowest BCUT2D eigenvalue weighted by Gasteiger charge is -2.21. The van der Waals surface area contributed by atoms with Gasteiger partial charge in [-0.3, -0.25) is 14.4 Å². The van der Waals surface area contributed by atoms with Crippen LogP contribution in [-0.2, 0) is 4.84 Å². The number of fused-ring (bicyclic) bond motifs is 1. The zero-order valence-corrected chi connectivity index (χ0v) is 13.1. The summed E-state index contributed by atoms with van der Waals surface area (Å²) in [5.41, 5.74) is 1.18. The number of hydrogen-bond donors (Lipinski definition) is 0. The van der Waals surface area contributed by atoms with Crippen LogP contribution in [0.15, 0.2) is 42.5 Å². The van der Waals surface area contributed by atoms with E-state index in [0.717, 1.165) is 5.06 Å². The molecule has 4 nitrogen and oxygen atoms in total. The minimum Gasteiger partial charge on any atom is -0.266 e. The smallest absolute Gasteiger partial charge is 0.266 e. The van der Waals surface area contributed by atoms with E-state index in [1.54, 1.807) is 49.4 Å². The molecular weight excluding hydrogens is 325 g/mol. The Balaban J connectivity index is 1.89. The molecule has 3 rings (SSSR count). The van der Waals surface area contributed by atoms with Crippen LogP contribution in [0.3, 0.4) is 0 Å². The number of carbonyl (C=O) groups excluding carboxylic acids is 2. The Labute approximate surface area is 137 Å². The van der Waals surface area contributed by atoms with Gasteiger partial charge in [0.2, 0.25) is 0 Å². The molecule has 0 bridgehead atoms. The normalized spacial score (nSPS) is 15.1. The van der Waals surface area contributed by atoms with Crippen molar-refractivity contribution in [3.63, 3.8) is 0 Å². The van der Waals surface area contributed by atoms with Gasteiger partial charge in [-0.2, -0.15) is 0 Å². The number of nitrogens with zero attached hydrogens (tertiary/aromatic N) is 1. The van der Waals surface area contributed by atoms with Crippen LogP contribution in [-0.4, -0.2) is 16.9 Å². The Morgan fingerprint density at radius 2 is 1.41 bits per heavy atom. The highest BCUT2D eigenvalue weighted by Gasteiger charge is 2.38. The summed E-state index contributed by atoms with van der Waals surface area (Å²) in [6, 6.07) is 11.6. The first-order valence-electron chi connectivity index (χ1n) is 6.59. The van der Waals surface area contributed by atoms with Crippen LogP contribution < -0.4 is 0 Å². The zero-order chi connectivity index (χ0) is 15.9. The van der Waals surface area contributed by atoms with Crippen molar-refractivity contribution in [3.05, 3.63) is 69.2 Å². The van der Waals surface area contributed by atoms with Crippen molar-refractivity contribution >= 4 is 35.0 Å². The molecule has 0 saturated carbocycles. The fourth-order valence-electron chi connectivity index (χ4n) is 2.37. The summed E-state index contributed by atoms with van der Waals surface area (Å²) in [7, 11) is 0. The van der Waals surface area contributed by atoms with Gasteiger partial charge in [0, 0.05) is 15.6 Å². The van der Waals surface area contributed by atoms with Gasteiger partial charge in [-0.1, -0.05) is 41.4 Å². The van der Waals surface area contributed by atoms with Crippen LogP contribution in [0.5, 0.6) is 0 Å². The van der Waals surface area contributed by atoms with Crippen molar-refractivity contribution in [1.82, 2.24) is 5.06 Å². The fourth-order valence-corrected chi connectivity index (χ4v) is 3.08. The quantitative estimate of drug-likeness (QED) is 0.786. The lowest BCUT2D eigenvalue weighted by molar-refractivity contribution is -0.128. The van der Waals surface area contributed by atoms with Gasteiger partial charge in [0.25, 0.3) is 11.8 Å². The highest BCUT2D eigenvalue weighted by atomic mass is 35.5. The van der Waals surface area contributed by atoms with E-state index in [9.17, 15) is 9.59 Å². The lowest BCUT2D eigenvalue weighted by Crippen LogP contribution is -2.31. The first kappa shape index (κ1) is 15.0.